The lowest BCUT2D eigenvalue weighted by atomic mass is 9.53. The fraction of sp³-hybridized carbons (Fsp3) is 0.556. The highest BCUT2D eigenvalue weighted by atomic mass is 32.1. The minimum absolute atomic E-state index is 0.0823. The van der Waals surface area contributed by atoms with Gasteiger partial charge in [-0.1, -0.05) is 6.07 Å². The van der Waals surface area contributed by atoms with Crippen molar-refractivity contribution in [2.24, 2.45) is 17.8 Å². The SMILES string of the molecule is O=C(NC12CC3CC(CC(C3)C1)C2)c1cnc(-c2cccs2)s1. The van der Waals surface area contributed by atoms with Gasteiger partial charge in [-0.3, -0.25) is 4.79 Å². The van der Waals surface area contributed by atoms with Gasteiger partial charge in [-0.15, -0.1) is 22.7 Å². The van der Waals surface area contributed by atoms with E-state index in [-0.39, 0.29) is 11.4 Å². The third-order valence-electron chi connectivity index (χ3n) is 5.88. The van der Waals surface area contributed by atoms with Crippen LogP contribution in [0.5, 0.6) is 0 Å². The molecule has 3 nitrogen and oxygen atoms in total. The van der Waals surface area contributed by atoms with Gasteiger partial charge in [0, 0.05) is 5.54 Å². The summed E-state index contributed by atoms with van der Waals surface area (Å²) in [6, 6.07) is 4.08. The normalized spacial score (nSPS) is 34.7. The molecule has 0 aliphatic heterocycles. The van der Waals surface area contributed by atoms with Gasteiger partial charge in [-0.25, -0.2) is 4.98 Å². The molecular formula is C18H20N2OS2. The van der Waals surface area contributed by atoms with Gasteiger partial charge in [0.25, 0.3) is 5.91 Å². The van der Waals surface area contributed by atoms with E-state index in [2.05, 4.69) is 16.4 Å². The third kappa shape index (κ3) is 2.45. The van der Waals surface area contributed by atoms with Crippen LogP contribution in [0, 0.1) is 17.8 Å². The number of thiophene rings is 1. The van der Waals surface area contributed by atoms with E-state index in [1.54, 1.807) is 17.5 Å². The lowest BCUT2D eigenvalue weighted by Gasteiger charge is -2.56. The van der Waals surface area contributed by atoms with Crippen LogP contribution in [-0.2, 0) is 0 Å². The maximum absolute atomic E-state index is 12.8. The van der Waals surface area contributed by atoms with Crippen LogP contribution in [0.4, 0.5) is 0 Å². The number of rotatable bonds is 3. The lowest BCUT2D eigenvalue weighted by Crippen LogP contribution is -2.59. The number of amides is 1. The Morgan fingerprint density at radius 2 is 1.87 bits per heavy atom. The van der Waals surface area contributed by atoms with Crippen LogP contribution < -0.4 is 5.32 Å². The molecule has 1 amide bonds. The van der Waals surface area contributed by atoms with Crippen molar-refractivity contribution in [3.8, 4) is 9.88 Å². The summed E-state index contributed by atoms with van der Waals surface area (Å²) in [5, 5.41) is 6.44. The molecule has 4 aliphatic carbocycles. The molecule has 0 spiro atoms. The molecule has 4 bridgehead atoms. The van der Waals surface area contributed by atoms with E-state index < -0.39 is 0 Å². The first kappa shape index (κ1) is 14.2. The van der Waals surface area contributed by atoms with Crippen molar-refractivity contribution in [1.82, 2.24) is 10.3 Å². The molecule has 0 radical (unpaired) electrons. The van der Waals surface area contributed by atoms with E-state index in [0.717, 1.165) is 32.5 Å². The van der Waals surface area contributed by atoms with Crippen LogP contribution in [0.3, 0.4) is 0 Å². The molecule has 2 heterocycles. The number of carbonyl (C=O) groups is 1. The molecule has 6 rings (SSSR count). The van der Waals surface area contributed by atoms with Gasteiger partial charge in [0.05, 0.1) is 11.1 Å². The molecule has 0 aromatic carbocycles. The molecule has 5 heteroatoms. The second kappa shape index (κ2) is 5.15. The first-order valence-electron chi connectivity index (χ1n) is 8.51. The van der Waals surface area contributed by atoms with Crippen LogP contribution in [0.2, 0.25) is 0 Å². The van der Waals surface area contributed by atoms with E-state index in [0.29, 0.717) is 0 Å². The van der Waals surface area contributed by atoms with Crippen LogP contribution in [-0.4, -0.2) is 16.4 Å². The molecule has 23 heavy (non-hydrogen) atoms. The minimum atomic E-state index is 0.0823. The van der Waals surface area contributed by atoms with Crippen molar-refractivity contribution in [2.75, 3.05) is 0 Å². The van der Waals surface area contributed by atoms with E-state index in [1.807, 2.05) is 11.4 Å². The molecular weight excluding hydrogens is 324 g/mol. The second-order valence-electron chi connectivity index (χ2n) is 7.66. The van der Waals surface area contributed by atoms with E-state index in [9.17, 15) is 4.79 Å². The molecule has 0 atom stereocenters. The molecule has 0 saturated heterocycles. The van der Waals surface area contributed by atoms with Gasteiger partial charge in [0.1, 0.15) is 9.88 Å². The van der Waals surface area contributed by atoms with Crippen molar-refractivity contribution in [2.45, 2.75) is 44.1 Å². The topological polar surface area (TPSA) is 42.0 Å². The van der Waals surface area contributed by atoms with Gasteiger partial charge < -0.3 is 5.32 Å². The Kier molecular flexibility index (Phi) is 3.17. The Hall–Kier alpha value is -1.20. The molecule has 1 N–H and O–H groups in total. The van der Waals surface area contributed by atoms with Crippen LogP contribution in [0.15, 0.2) is 23.7 Å². The smallest absolute Gasteiger partial charge is 0.263 e. The maximum Gasteiger partial charge on any atom is 0.263 e. The number of hydrogen-bond donors (Lipinski definition) is 1. The number of nitrogens with one attached hydrogen (secondary N) is 1. The van der Waals surface area contributed by atoms with Gasteiger partial charge in [0.2, 0.25) is 0 Å². The van der Waals surface area contributed by atoms with Crippen LogP contribution in [0.1, 0.15) is 48.2 Å². The largest absolute Gasteiger partial charge is 0.346 e. The third-order valence-corrected chi connectivity index (χ3v) is 7.91. The first-order valence-corrected chi connectivity index (χ1v) is 10.2. The number of nitrogens with zero attached hydrogens (tertiary/aromatic N) is 1. The zero-order chi connectivity index (χ0) is 15.4. The molecule has 0 unspecified atom stereocenters. The standard InChI is InChI=1S/C18H20N2OS2/c21-16(15-10-19-17(23-15)14-2-1-3-22-14)20-18-7-11-4-12(8-18)6-13(5-11)9-18/h1-3,10-13H,4-9H2,(H,20,21). The molecule has 2 aromatic rings. The summed E-state index contributed by atoms with van der Waals surface area (Å²) in [6.45, 7) is 0. The molecule has 4 aliphatic rings. The Labute approximate surface area is 144 Å². The average Bonchev–Trinajstić information content (AvgIpc) is 3.17. The molecule has 4 fully saturated rings. The molecule has 4 saturated carbocycles. The Bertz CT molecular complexity index is 699. The number of carbonyl (C=O) groups excluding carboxylic acids is 1. The van der Waals surface area contributed by atoms with Gasteiger partial charge in [0.15, 0.2) is 0 Å². The van der Waals surface area contributed by atoms with Gasteiger partial charge in [-0.2, -0.15) is 0 Å². The highest BCUT2D eigenvalue weighted by Gasteiger charge is 2.51. The predicted molar refractivity (Wildman–Crippen MR) is 93.8 cm³/mol. The maximum atomic E-state index is 12.8. The second-order valence-corrected chi connectivity index (χ2v) is 9.64. The zero-order valence-corrected chi connectivity index (χ0v) is 14.6. The predicted octanol–water partition coefficient (Wildman–Crippen LogP) is 4.57. The van der Waals surface area contributed by atoms with Crippen molar-refractivity contribution in [1.29, 1.82) is 0 Å². The van der Waals surface area contributed by atoms with Crippen molar-refractivity contribution >= 4 is 28.6 Å². The molecule has 2 aromatic heterocycles. The summed E-state index contributed by atoms with van der Waals surface area (Å²) in [5.41, 5.74) is 0.0823. The van der Waals surface area contributed by atoms with Crippen molar-refractivity contribution in [3.63, 3.8) is 0 Å². The lowest BCUT2D eigenvalue weighted by molar-refractivity contribution is -0.0166. The summed E-state index contributed by atoms with van der Waals surface area (Å²) < 4.78 is 0. The van der Waals surface area contributed by atoms with E-state index >= 15 is 0 Å². The van der Waals surface area contributed by atoms with E-state index in [1.165, 1.54) is 49.9 Å². The Morgan fingerprint density at radius 3 is 2.48 bits per heavy atom. The van der Waals surface area contributed by atoms with Crippen LogP contribution in [0.25, 0.3) is 9.88 Å². The number of hydrogen-bond acceptors (Lipinski definition) is 4. The minimum Gasteiger partial charge on any atom is -0.346 e. The first-order chi connectivity index (χ1) is 11.2. The van der Waals surface area contributed by atoms with E-state index in [4.69, 9.17) is 0 Å². The number of aromatic nitrogens is 1. The summed E-state index contributed by atoms with van der Waals surface area (Å²) in [4.78, 5) is 19.1. The monoisotopic (exact) mass is 344 g/mol. The quantitative estimate of drug-likeness (QED) is 0.886. The number of thiazole rings is 1. The highest BCUT2D eigenvalue weighted by Crippen LogP contribution is 2.55. The summed E-state index contributed by atoms with van der Waals surface area (Å²) >= 11 is 3.19. The van der Waals surface area contributed by atoms with Crippen LogP contribution >= 0.6 is 22.7 Å². The Morgan fingerprint density at radius 1 is 1.17 bits per heavy atom. The fourth-order valence-electron chi connectivity index (χ4n) is 5.46. The highest BCUT2D eigenvalue weighted by molar-refractivity contribution is 7.21. The summed E-state index contributed by atoms with van der Waals surface area (Å²) in [7, 11) is 0. The average molecular weight is 345 g/mol. The summed E-state index contributed by atoms with van der Waals surface area (Å²) in [5.74, 6) is 2.64. The van der Waals surface area contributed by atoms with Crippen molar-refractivity contribution in [3.05, 3.63) is 28.6 Å². The zero-order valence-electron chi connectivity index (χ0n) is 13.0. The summed E-state index contributed by atoms with van der Waals surface area (Å²) in [6.07, 6.45) is 9.54. The molecule has 120 valence electrons. The van der Waals surface area contributed by atoms with Gasteiger partial charge >= 0.3 is 0 Å². The van der Waals surface area contributed by atoms with Gasteiger partial charge in [-0.05, 0) is 67.7 Å². The fourth-order valence-corrected chi connectivity index (χ4v) is 7.07. The Balaban J connectivity index is 1.36. The van der Waals surface area contributed by atoms with Crippen molar-refractivity contribution < 1.29 is 4.79 Å².